The van der Waals surface area contributed by atoms with Crippen LogP contribution in [0, 0.1) is 0 Å². The highest BCUT2D eigenvalue weighted by molar-refractivity contribution is 9.10. The summed E-state index contributed by atoms with van der Waals surface area (Å²) in [5.74, 6) is 0.446. The molecule has 0 aliphatic heterocycles. The summed E-state index contributed by atoms with van der Waals surface area (Å²) < 4.78 is 6.11. The van der Waals surface area contributed by atoms with Gasteiger partial charge in [0.25, 0.3) is 5.91 Å². The molecule has 1 aromatic carbocycles. The van der Waals surface area contributed by atoms with Crippen molar-refractivity contribution in [1.29, 1.82) is 0 Å². The first-order valence-corrected chi connectivity index (χ1v) is 7.53. The molecule has 0 spiro atoms. The second-order valence-electron chi connectivity index (χ2n) is 4.62. The van der Waals surface area contributed by atoms with E-state index in [1.807, 2.05) is 19.9 Å². The van der Waals surface area contributed by atoms with Crippen LogP contribution in [0.25, 0.3) is 0 Å². The Bertz CT molecular complexity index is 433. The molecule has 3 nitrogen and oxygen atoms in total. The number of carbonyl (C=O) groups excluding carboxylic acids is 1. The number of halogens is 2. The third kappa shape index (κ3) is 4.28. The molecule has 0 bridgehead atoms. The molecule has 1 amide bonds. The zero-order chi connectivity index (χ0) is 13.8. The topological polar surface area (TPSA) is 38.3 Å². The van der Waals surface area contributed by atoms with E-state index in [1.54, 1.807) is 19.2 Å². The van der Waals surface area contributed by atoms with E-state index in [9.17, 15) is 4.79 Å². The van der Waals surface area contributed by atoms with Gasteiger partial charge in [-0.2, -0.15) is 0 Å². The number of amides is 1. The number of carbonyl (C=O) groups is 1. The highest BCUT2D eigenvalue weighted by Crippen LogP contribution is 2.24. The molecule has 0 unspecified atom stereocenters. The number of hydrogen-bond donors (Lipinski definition) is 1. The number of hydrogen-bond acceptors (Lipinski definition) is 2. The van der Waals surface area contributed by atoms with Crippen molar-refractivity contribution in [3.05, 3.63) is 28.2 Å². The summed E-state index contributed by atoms with van der Waals surface area (Å²) in [5.41, 5.74) is 0.293. The summed E-state index contributed by atoms with van der Waals surface area (Å²) in [6.07, 6.45) is 0.859. The zero-order valence-electron chi connectivity index (χ0n) is 10.7. The van der Waals surface area contributed by atoms with Crippen LogP contribution in [0.2, 0.25) is 0 Å². The molecule has 0 heterocycles. The van der Waals surface area contributed by atoms with Gasteiger partial charge in [-0.3, -0.25) is 4.79 Å². The van der Waals surface area contributed by atoms with E-state index >= 15 is 0 Å². The van der Waals surface area contributed by atoms with Crippen LogP contribution in [0.15, 0.2) is 22.7 Å². The summed E-state index contributed by atoms with van der Waals surface area (Å²) in [4.78, 5) is 12.2. The van der Waals surface area contributed by atoms with E-state index in [1.165, 1.54) is 0 Å². The van der Waals surface area contributed by atoms with Crippen molar-refractivity contribution in [3.63, 3.8) is 0 Å². The average Bonchev–Trinajstić information content (AvgIpc) is 2.27. The van der Waals surface area contributed by atoms with Gasteiger partial charge < -0.3 is 10.1 Å². The molecule has 0 fully saturated rings. The second-order valence-corrected chi connectivity index (χ2v) is 6.33. The van der Waals surface area contributed by atoms with Crippen LogP contribution < -0.4 is 10.1 Å². The number of methoxy groups -OCH3 is 1. The molecule has 0 aliphatic carbocycles. The van der Waals surface area contributed by atoms with Gasteiger partial charge in [-0.1, -0.05) is 31.9 Å². The Morgan fingerprint density at radius 3 is 2.67 bits per heavy atom. The normalized spacial score (nSPS) is 11.2. The molecule has 100 valence electrons. The van der Waals surface area contributed by atoms with Crippen molar-refractivity contribution in [3.8, 4) is 5.75 Å². The Balaban J connectivity index is 2.91. The van der Waals surface area contributed by atoms with Crippen LogP contribution in [0.4, 0.5) is 0 Å². The van der Waals surface area contributed by atoms with Gasteiger partial charge in [0.15, 0.2) is 0 Å². The zero-order valence-corrected chi connectivity index (χ0v) is 13.9. The lowest BCUT2D eigenvalue weighted by molar-refractivity contribution is 0.0909. The molecule has 0 aromatic heterocycles. The molecule has 1 N–H and O–H groups in total. The summed E-state index contributed by atoms with van der Waals surface area (Å²) in [7, 11) is 1.56. The number of benzene rings is 1. The van der Waals surface area contributed by atoms with Crippen molar-refractivity contribution in [2.75, 3.05) is 12.4 Å². The number of nitrogens with one attached hydrogen (secondary N) is 1. The van der Waals surface area contributed by atoms with Crippen LogP contribution in [0.3, 0.4) is 0 Å². The largest absolute Gasteiger partial charge is 0.496 e. The lowest BCUT2D eigenvalue weighted by Crippen LogP contribution is -2.43. The Kier molecular flexibility index (Phi) is 5.66. The highest BCUT2D eigenvalue weighted by Gasteiger charge is 2.22. The number of rotatable bonds is 5. The summed E-state index contributed by atoms with van der Waals surface area (Å²) in [6, 6.07) is 5.36. The Hall–Kier alpha value is -0.550. The molecule has 0 radical (unpaired) electrons. The van der Waals surface area contributed by atoms with Crippen molar-refractivity contribution >= 4 is 37.8 Å². The minimum Gasteiger partial charge on any atom is -0.496 e. The van der Waals surface area contributed by atoms with Crippen LogP contribution in [-0.2, 0) is 0 Å². The lowest BCUT2D eigenvalue weighted by atomic mass is 10.0. The van der Waals surface area contributed by atoms with Crippen LogP contribution in [0.5, 0.6) is 5.75 Å². The summed E-state index contributed by atoms with van der Waals surface area (Å²) >= 11 is 6.74. The quantitative estimate of drug-likeness (QED) is 0.792. The molecule has 0 saturated carbocycles. The fraction of sp³-hybridized carbons (Fsp3) is 0.462. The third-order valence-corrected chi connectivity index (χ3v) is 3.47. The van der Waals surface area contributed by atoms with E-state index in [0.29, 0.717) is 11.3 Å². The molecular weight excluding hydrogens is 362 g/mol. The van der Waals surface area contributed by atoms with Gasteiger partial charge in [-0.25, -0.2) is 0 Å². The van der Waals surface area contributed by atoms with E-state index in [4.69, 9.17) is 4.74 Å². The second kappa shape index (κ2) is 6.57. The molecule has 1 aromatic rings. The van der Waals surface area contributed by atoms with Crippen molar-refractivity contribution in [2.45, 2.75) is 25.8 Å². The Morgan fingerprint density at radius 1 is 1.44 bits per heavy atom. The SMILES string of the molecule is COc1cc(Br)ccc1C(=O)NC(C)(C)CCBr. The van der Waals surface area contributed by atoms with Gasteiger partial charge in [-0.05, 0) is 38.5 Å². The fourth-order valence-corrected chi connectivity index (χ4v) is 2.86. The minimum atomic E-state index is -0.251. The lowest BCUT2D eigenvalue weighted by Gasteiger charge is -2.25. The Labute approximate surface area is 125 Å². The first-order valence-electron chi connectivity index (χ1n) is 5.61. The number of ether oxygens (including phenoxy) is 1. The van der Waals surface area contributed by atoms with Gasteiger partial charge >= 0.3 is 0 Å². The third-order valence-electron chi connectivity index (χ3n) is 2.58. The van der Waals surface area contributed by atoms with E-state index < -0.39 is 0 Å². The summed E-state index contributed by atoms with van der Waals surface area (Å²) in [5, 5.41) is 3.85. The van der Waals surface area contributed by atoms with Crippen molar-refractivity contribution in [2.24, 2.45) is 0 Å². The van der Waals surface area contributed by atoms with Gasteiger partial charge in [0.1, 0.15) is 5.75 Å². The molecule has 0 aliphatic rings. The first-order chi connectivity index (χ1) is 8.39. The molecule has 0 saturated heterocycles. The average molecular weight is 379 g/mol. The maximum Gasteiger partial charge on any atom is 0.255 e. The van der Waals surface area contributed by atoms with Crippen molar-refractivity contribution in [1.82, 2.24) is 5.32 Å². The van der Waals surface area contributed by atoms with Crippen LogP contribution in [0.1, 0.15) is 30.6 Å². The maximum absolute atomic E-state index is 12.2. The molecule has 1 rings (SSSR count). The molecule has 18 heavy (non-hydrogen) atoms. The monoisotopic (exact) mass is 377 g/mol. The predicted molar refractivity (Wildman–Crippen MR) is 80.7 cm³/mol. The van der Waals surface area contributed by atoms with Gasteiger partial charge in [0.2, 0.25) is 0 Å². The number of alkyl halides is 1. The van der Waals surface area contributed by atoms with Crippen LogP contribution in [-0.4, -0.2) is 23.9 Å². The van der Waals surface area contributed by atoms with Crippen molar-refractivity contribution < 1.29 is 9.53 Å². The summed E-state index contributed by atoms with van der Waals surface area (Å²) in [6.45, 7) is 4.00. The van der Waals surface area contributed by atoms with Crippen LogP contribution >= 0.6 is 31.9 Å². The maximum atomic E-state index is 12.2. The highest BCUT2D eigenvalue weighted by atomic mass is 79.9. The predicted octanol–water partition coefficient (Wildman–Crippen LogP) is 3.75. The minimum absolute atomic E-state index is 0.120. The molecule has 5 heteroatoms. The first kappa shape index (κ1) is 15.5. The van der Waals surface area contributed by atoms with Gasteiger partial charge in [0.05, 0.1) is 12.7 Å². The molecular formula is C13H17Br2NO2. The Morgan fingerprint density at radius 2 is 2.11 bits per heavy atom. The molecule has 0 atom stereocenters. The van der Waals surface area contributed by atoms with E-state index in [2.05, 4.69) is 37.2 Å². The smallest absolute Gasteiger partial charge is 0.255 e. The van der Waals surface area contributed by atoms with Gasteiger partial charge in [0, 0.05) is 15.3 Å². The van der Waals surface area contributed by atoms with E-state index in [-0.39, 0.29) is 11.4 Å². The standard InChI is InChI=1S/C13H17Br2NO2/c1-13(2,6-7-14)16-12(17)10-5-4-9(15)8-11(10)18-3/h4-5,8H,6-7H2,1-3H3,(H,16,17). The van der Waals surface area contributed by atoms with Gasteiger partial charge in [-0.15, -0.1) is 0 Å². The fourth-order valence-electron chi connectivity index (χ4n) is 1.53. The van der Waals surface area contributed by atoms with E-state index in [0.717, 1.165) is 16.2 Å².